The highest BCUT2D eigenvalue weighted by Crippen LogP contribution is 2.38. The molecule has 0 aliphatic rings. The van der Waals surface area contributed by atoms with E-state index in [4.69, 9.17) is 9.15 Å². The largest absolute Gasteiger partial charge is 0.506 e. The number of ether oxygens (including phenoxy) is 1. The van der Waals surface area contributed by atoms with Crippen LogP contribution in [0.3, 0.4) is 0 Å². The zero-order valence-electron chi connectivity index (χ0n) is 17.4. The third-order valence-electron chi connectivity index (χ3n) is 5.20. The Kier molecular flexibility index (Phi) is 6.05. The van der Waals surface area contributed by atoms with Crippen LogP contribution in [0.1, 0.15) is 5.56 Å². The minimum Gasteiger partial charge on any atom is -0.506 e. The molecule has 34 heavy (non-hydrogen) atoms. The van der Waals surface area contributed by atoms with Crippen molar-refractivity contribution in [1.82, 2.24) is 9.66 Å². The van der Waals surface area contributed by atoms with E-state index in [1.54, 1.807) is 37.4 Å². The number of phenols is 1. The number of phenolic OH excluding ortho intramolecular Hbond substituents is 1. The normalized spacial score (nSPS) is 11.6. The van der Waals surface area contributed by atoms with E-state index in [1.807, 2.05) is 24.3 Å². The molecule has 0 bridgehead atoms. The number of para-hydroxylation sites is 1. The molecule has 0 aliphatic carbocycles. The van der Waals surface area contributed by atoms with Gasteiger partial charge in [0.1, 0.15) is 17.1 Å². The molecule has 2 heterocycles. The SMILES string of the molecule is COc1cccc2oc(-c3nc4ccccc4c(=O)n3N=Cc3c(Br)cc(Br)c(O)c3Br)cc12. The highest BCUT2D eigenvalue weighted by Gasteiger charge is 2.18. The molecule has 0 spiro atoms. The Labute approximate surface area is 218 Å². The zero-order valence-corrected chi connectivity index (χ0v) is 22.2. The van der Waals surface area contributed by atoms with Crippen LogP contribution in [-0.4, -0.2) is 28.1 Å². The highest BCUT2D eigenvalue weighted by atomic mass is 79.9. The van der Waals surface area contributed by atoms with Crippen molar-refractivity contribution in [3.63, 3.8) is 0 Å². The van der Waals surface area contributed by atoms with Crippen LogP contribution in [0, 0.1) is 0 Å². The fourth-order valence-corrected chi connectivity index (χ4v) is 5.87. The number of halogens is 3. The molecule has 10 heteroatoms. The summed E-state index contributed by atoms with van der Waals surface area (Å²) >= 11 is 10.1. The van der Waals surface area contributed by atoms with Gasteiger partial charge in [0.05, 0.1) is 38.6 Å². The number of methoxy groups -OCH3 is 1. The standard InChI is InChI=1S/C24H14Br3N3O4/c1-33-18-7-4-8-19-13(18)9-20(34-19)23-29-17-6-3-2-5-12(17)24(32)30(23)28-11-14-15(25)10-16(26)22(31)21(14)27/h2-11,31H,1H3. The van der Waals surface area contributed by atoms with Gasteiger partial charge in [0.25, 0.3) is 5.56 Å². The summed E-state index contributed by atoms with van der Waals surface area (Å²) in [7, 11) is 1.58. The molecule has 0 saturated heterocycles. The summed E-state index contributed by atoms with van der Waals surface area (Å²) in [5.41, 5.74) is 1.29. The van der Waals surface area contributed by atoms with Crippen LogP contribution in [0.5, 0.6) is 11.5 Å². The molecule has 3 aromatic carbocycles. The molecule has 7 nitrogen and oxygen atoms in total. The summed E-state index contributed by atoms with van der Waals surface area (Å²) in [6.07, 6.45) is 1.46. The van der Waals surface area contributed by atoms with Gasteiger partial charge in [-0.2, -0.15) is 9.78 Å². The fraction of sp³-hybridized carbons (Fsp3) is 0.0417. The Balaban J connectivity index is 1.77. The molecule has 0 amide bonds. The minimum absolute atomic E-state index is 0.0123. The van der Waals surface area contributed by atoms with Crippen LogP contribution in [0.15, 0.2) is 82.3 Å². The molecular formula is C24H14Br3N3O4. The number of rotatable bonds is 4. The Morgan fingerprint density at radius 1 is 1.06 bits per heavy atom. The second kappa shape index (κ2) is 9.01. The van der Waals surface area contributed by atoms with Gasteiger partial charge in [-0.05, 0) is 68.3 Å². The number of benzene rings is 3. The van der Waals surface area contributed by atoms with Gasteiger partial charge in [0.15, 0.2) is 5.76 Å². The van der Waals surface area contributed by atoms with Crippen LogP contribution in [0.25, 0.3) is 33.5 Å². The van der Waals surface area contributed by atoms with Crippen LogP contribution in [0.2, 0.25) is 0 Å². The van der Waals surface area contributed by atoms with Crippen LogP contribution in [0.4, 0.5) is 0 Å². The van der Waals surface area contributed by atoms with E-state index >= 15 is 0 Å². The Hall–Kier alpha value is -2.95. The molecular weight excluding hydrogens is 634 g/mol. The first-order valence-electron chi connectivity index (χ1n) is 9.88. The lowest BCUT2D eigenvalue weighted by Crippen LogP contribution is -2.20. The van der Waals surface area contributed by atoms with Gasteiger partial charge in [0, 0.05) is 10.0 Å². The van der Waals surface area contributed by atoms with E-state index in [2.05, 4.69) is 57.9 Å². The molecule has 0 fully saturated rings. The van der Waals surface area contributed by atoms with Crippen molar-refractivity contribution >= 4 is 75.9 Å². The predicted molar refractivity (Wildman–Crippen MR) is 142 cm³/mol. The molecule has 1 N–H and O–H groups in total. The van der Waals surface area contributed by atoms with Crippen molar-refractivity contribution in [1.29, 1.82) is 0 Å². The molecule has 0 radical (unpaired) electrons. The molecule has 5 aromatic rings. The van der Waals surface area contributed by atoms with Gasteiger partial charge in [-0.3, -0.25) is 4.79 Å². The fourth-order valence-electron chi connectivity index (χ4n) is 3.54. The van der Waals surface area contributed by atoms with Gasteiger partial charge >= 0.3 is 0 Å². The third-order valence-corrected chi connectivity index (χ3v) is 7.26. The number of hydrogen-bond acceptors (Lipinski definition) is 6. The first-order chi connectivity index (χ1) is 16.4. The van der Waals surface area contributed by atoms with Gasteiger partial charge < -0.3 is 14.3 Å². The lowest BCUT2D eigenvalue weighted by atomic mass is 10.2. The topological polar surface area (TPSA) is 89.9 Å². The smallest absolute Gasteiger partial charge is 0.282 e. The average Bonchev–Trinajstić information content (AvgIpc) is 3.28. The third kappa shape index (κ3) is 3.85. The molecule has 5 rings (SSSR count). The van der Waals surface area contributed by atoms with Crippen LogP contribution < -0.4 is 10.3 Å². The summed E-state index contributed by atoms with van der Waals surface area (Å²) in [5, 5.41) is 15.9. The summed E-state index contributed by atoms with van der Waals surface area (Å²) in [6, 6.07) is 16.0. The molecule has 170 valence electrons. The summed E-state index contributed by atoms with van der Waals surface area (Å²) in [4.78, 5) is 18.1. The van der Waals surface area contributed by atoms with Crippen molar-refractivity contribution in [3.8, 4) is 23.1 Å². The number of aromatic hydroxyl groups is 1. The monoisotopic (exact) mass is 645 g/mol. The maximum absolute atomic E-state index is 13.4. The second-order valence-electron chi connectivity index (χ2n) is 7.21. The number of nitrogens with zero attached hydrogens (tertiary/aromatic N) is 3. The number of hydrogen-bond donors (Lipinski definition) is 1. The van der Waals surface area contributed by atoms with Gasteiger partial charge in [0.2, 0.25) is 5.82 Å². The maximum Gasteiger partial charge on any atom is 0.282 e. The molecule has 0 saturated carbocycles. The molecule has 0 aliphatic heterocycles. The first kappa shape index (κ1) is 22.8. The van der Waals surface area contributed by atoms with Crippen LogP contribution in [-0.2, 0) is 0 Å². The maximum atomic E-state index is 13.4. The number of aromatic nitrogens is 2. The first-order valence-corrected chi connectivity index (χ1v) is 12.3. The van der Waals surface area contributed by atoms with E-state index in [-0.39, 0.29) is 17.1 Å². The molecule has 0 atom stereocenters. The minimum atomic E-state index is -0.363. The van der Waals surface area contributed by atoms with Crippen molar-refractivity contribution in [2.45, 2.75) is 0 Å². The van der Waals surface area contributed by atoms with E-state index in [9.17, 15) is 9.90 Å². The average molecular weight is 648 g/mol. The van der Waals surface area contributed by atoms with E-state index < -0.39 is 0 Å². The van der Waals surface area contributed by atoms with Gasteiger partial charge in [-0.1, -0.05) is 34.1 Å². The molecule has 2 aromatic heterocycles. The number of furan rings is 1. The highest BCUT2D eigenvalue weighted by molar-refractivity contribution is 9.11. The zero-order chi connectivity index (χ0) is 24.0. The lowest BCUT2D eigenvalue weighted by Gasteiger charge is -2.09. The van der Waals surface area contributed by atoms with E-state index in [0.717, 1.165) is 5.39 Å². The van der Waals surface area contributed by atoms with Crippen LogP contribution >= 0.6 is 47.8 Å². The van der Waals surface area contributed by atoms with E-state index in [1.165, 1.54) is 10.9 Å². The Morgan fingerprint density at radius 3 is 2.65 bits per heavy atom. The lowest BCUT2D eigenvalue weighted by molar-refractivity contribution is 0.419. The van der Waals surface area contributed by atoms with Gasteiger partial charge in [-0.25, -0.2) is 4.98 Å². The van der Waals surface area contributed by atoms with Gasteiger partial charge in [-0.15, -0.1) is 0 Å². The summed E-state index contributed by atoms with van der Waals surface area (Å²) in [5.74, 6) is 1.24. The van der Waals surface area contributed by atoms with Crippen molar-refractivity contribution < 1.29 is 14.3 Å². The van der Waals surface area contributed by atoms with Crippen molar-refractivity contribution in [2.24, 2.45) is 5.10 Å². The second-order valence-corrected chi connectivity index (χ2v) is 9.71. The predicted octanol–water partition coefficient (Wildman–Crippen LogP) is 6.69. The summed E-state index contributed by atoms with van der Waals surface area (Å²) in [6.45, 7) is 0. The van der Waals surface area contributed by atoms with Crippen molar-refractivity contribution in [3.05, 3.63) is 83.9 Å². The molecule has 0 unspecified atom stereocenters. The summed E-state index contributed by atoms with van der Waals surface area (Å²) < 4.78 is 14.2. The van der Waals surface area contributed by atoms with Crippen molar-refractivity contribution in [2.75, 3.05) is 7.11 Å². The van der Waals surface area contributed by atoms with E-state index in [0.29, 0.717) is 47.0 Å². The quantitative estimate of drug-likeness (QED) is 0.220. The Morgan fingerprint density at radius 2 is 1.85 bits per heavy atom. The number of fused-ring (bicyclic) bond motifs is 2. The Bertz CT molecular complexity index is 1670.